The second kappa shape index (κ2) is 6.87. The van der Waals surface area contributed by atoms with Crippen molar-refractivity contribution in [3.63, 3.8) is 0 Å². The van der Waals surface area contributed by atoms with E-state index in [9.17, 15) is 5.26 Å². The molecule has 0 aromatic carbocycles. The Morgan fingerprint density at radius 2 is 2.19 bits per heavy atom. The molecule has 3 aliphatic heterocycles. The molecule has 3 unspecified atom stereocenters. The first-order valence-corrected chi connectivity index (χ1v) is 9.51. The van der Waals surface area contributed by atoms with E-state index in [2.05, 4.69) is 34.6 Å². The van der Waals surface area contributed by atoms with Gasteiger partial charge in [0.25, 0.3) is 0 Å². The van der Waals surface area contributed by atoms with Crippen LogP contribution in [0.4, 0.5) is 0 Å². The van der Waals surface area contributed by atoms with Crippen molar-refractivity contribution in [2.45, 2.75) is 50.3 Å². The Bertz CT molecular complexity index is 383. The second-order valence-corrected chi connectivity index (χ2v) is 7.71. The summed E-state index contributed by atoms with van der Waals surface area (Å²) in [5, 5.41) is 9.21. The van der Waals surface area contributed by atoms with E-state index in [4.69, 9.17) is 4.74 Å². The molecule has 3 fully saturated rings. The molecule has 3 aliphatic rings. The van der Waals surface area contributed by atoms with E-state index in [0.29, 0.717) is 6.04 Å². The monoisotopic (exact) mass is 309 g/mol. The molecular formula is C16H27N3OS. The molecule has 0 bridgehead atoms. The Morgan fingerprint density at radius 3 is 2.81 bits per heavy atom. The first kappa shape index (κ1) is 15.6. The van der Waals surface area contributed by atoms with Crippen molar-refractivity contribution in [2.24, 2.45) is 0 Å². The SMILES string of the molecule is CCC(C#N)N1CCN(C2CCOC3(CCSC3)C2)CC1. The number of hydrogen-bond donors (Lipinski definition) is 0. The number of rotatable bonds is 3. The zero-order chi connectivity index (χ0) is 14.7. The summed E-state index contributed by atoms with van der Waals surface area (Å²) in [6.45, 7) is 7.37. The lowest BCUT2D eigenvalue weighted by Crippen LogP contribution is -2.56. The normalized spacial score (nSPS) is 36.7. The first-order chi connectivity index (χ1) is 10.3. The minimum atomic E-state index is 0.111. The zero-order valence-electron chi connectivity index (χ0n) is 13.1. The van der Waals surface area contributed by atoms with Crippen LogP contribution in [0.25, 0.3) is 0 Å². The average molecular weight is 309 g/mol. The van der Waals surface area contributed by atoms with Crippen LogP contribution in [-0.4, -0.2) is 71.8 Å². The van der Waals surface area contributed by atoms with E-state index >= 15 is 0 Å². The molecule has 21 heavy (non-hydrogen) atoms. The van der Waals surface area contributed by atoms with Crippen LogP contribution in [-0.2, 0) is 4.74 Å². The van der Waals surface area contributed by atoms with Crippen molar-refractivity contribution in [3.8, 4) is 6.07 Å². The van der Waals surface area contributed by atoms with Gasteiger partial charge in [0, 0.05) is 44.6 Å². The van der Waals surface area contributed by atoms with Crippen LogP contribution in [0.5, 0.6) is 0 Å². The van der Waals surface area contributed by atoms with Gasteiger partial charge in [-0.1, -0.05) is 6.92 Å². The fourth-order valence-corrected chi connectivity index (χ4v) is 5.40. The minimum absolute atomic E-state index is 0.111. The predicted octanol–water partition coefficient (Wildman–Crippen LogP) is 1.96. The topological polar surface area (TPSA) is 39.5 Å². The summed E-state index contributed by atoms with van der Waals surface area (Å²) in [5.41, 5.74) is 0.184. The van der Waals surface area contributed by atoms with Crippen LogP contribution >= 0.6 is 11.8 Å². The third kappa shape index (κ3) is 3.39. The zero-order valence-corrected chi connectivity index (χ0v) is 13.9. The Morgan fingerprint density at radius 1 is 1.38 bits per heavy atom. The summed E-state index contributed by atoms with van der Waals surface area (Å²) < 4.78 is 6.14. The fraction of sp³-hybridized carbons (Fsp3) is 0.938. The van der Waals surface area contributed by atoms with Crippen LogP contribution in [0, 0.1) is 11.3 Å². The smallest absolute Gasteiger partial charge is 0.0976 e. The molecule has 3 rings (SSSR count). The maximum atomic E-state index is 9.21. The van der Waals surface area contributed by atoms with Gasteiger partial charge >= 0.3 is 0 Å². The van der Waals surface area contributed by atoms with Gasteiger partial charge in [0.15, 0.2) is 0 Å². The van der Waals surface area contributed by atoms with Crippen LogP contribution in [0.1, 0.15) is 32.6 Å². The van der Waals surface area contributed by atoms with E-state index in [-0.39, 0.29) is 11.6 Å². The maximum absolute atomic E-state index is 9.21. The van der Waals surface area contributed by atoms with Gasteiger partial charge in [0.1, 0.15) is 0 Å². The Kier molecular flexibility index (Phi) is 5.11. The van der Waals surface area contributed by atoms with Gasteiger partial charge in [-0.3, -0.25) is 9.80 Å². The number of ether oxygens (including phenoxy) is 1. The molecule has 0 N–H and O–H groups in total. The van der Waals surface area contributed by atoms with Gasteiger partial charge in [-0.05, 0) is 31.4 Å². The van der Waals surface area contributed by atoms with Crippen LogP contribution < -0.4 is 0 Å². The lowest BCUT2D eigenvalue weighted by molar-refractivity contribution is -0.0946. The Balaban J connectivity index is 1.53. The first-order valence-electron chi connectivity index (χ1n) is 8.36. The summed E-state index contributed by atoms with van der Waals surface area (Å²) in [7, 11) is 0. The van der Waals surface area contributed by atoms with E-state index in [1.807, 2.05) is 0 Å². The third-order valence-electron chi connectivity index (χ3n) is 5.38. The van der Waals surface area contributed by atoms with Crippen molar-refractivity contribution < 1.29 is 4.74 Å². The summed E-state index contributed by atoms with van der Waals surface area (Å²) in [6.07, 6.45) is 4.58. The lowest BCUT2D eigenvalue weighted by atomic mass is 9.88. The predicted molar refractivity (Wildman–Crippen MR) is 86.5 cm³/mol. The van der Waals surface area contributed by atoms with Gasteiger partial charge in [-0.2, -0.15) is 17.0 Å². The van der Waals surface area contributed by atoms with Crippen molar-refractivity contribution in [2.75, 3.05) is 44.3 Å². The largest absolute Gasteiger partial charge is 0.374 e. The molecule has 0 amide bonds. The number of thioether (sulfide) groups is 1. The van der Waals surface area contributed by atoms with Gasteiger partial charge in [-0.25, -0.2) is 0 Å². The Labute approximate surface area is 132 Å². The van der Waals surface area contributed by atoms with E-state index in [1.165, 1.54) is 30.8 Å². The molecule has 0 aliphatic carbocycles. The summed E-state index contributed by atoms with van der Waals surface area (Å²) in [4.78, 5) is 5.02. The average Bonchev–Trinajstić information content (AvgIpc) is 2.97. The number of nitrogens with zero attached hydrogens (tertiary/aromatic N) is 3. The van der Waals surface area contributed by atoms with Gasteiger partial charge in [-0.15, -0.1) is 0 Å². The summed E-state index contributed by atoms with van der Waals surface area (Å²) in [6, 6.07) is 3.25. The number of nitriles is 1. The molecule has 0 aromatic rings. The maximum Gasteiger partial charge on any atom is 0.0976 e. The molecule has 0 saturated carbocycles. The molecule has 1 spiro atoms. The highest BCUT2D eigenvalue weighted by Gasteiger charge is 2.42. The molecule has 5 heteroatoms. The highest BCUT2D eigenvalue weighted by Crippen LogP contribution is 2.39. The highest BCUT2D eigenvalue weighted by atomic mass is 32.2. The fourth-order valence-electron chi connectivity index (χ4n) is 4.02. The molecule has 3 heterocycles. The van der Waals surface area contributed by atoms with Gasteiger partial charge in [0.2, 0.25) is 0 Å². The van der Waals surface area contributed by atoms with Crippen LogP contribution in [0.15, 0.2) is 0 Å². The van der Waals surface area contributed by atoms with Crippen molar-refractivity contribution in [1.82, 2.24) is 9.80 Å². The molecule has 4 nitrogen and oxygen atoms in total. The highest BCUT2D eigenvalue weighted by molar-refractivity contribution is 7.99. The Hall–Kier alpha value is -0.280. The molecular weight excluding hydrogens is 282 g/mol. The molecule has 0 aromatic heterocycles. The number of piperazine rings is 1. The van der Waals surface area contributed by atoms with Crippen molar-refractivity contribution >= 4 is 11.8 Å². The third-order valence-corrected chi connectivity index (χ3v) is 6.60. The van der Waals surface area contributed by atoms with E-state index in [1.54, 1.807) is 0 Å². The van der Waals surface area contributed by atoms with Gasteiger partial charge < -0.3 is 4.74 Å². The van der Waals surface area contributed by atoms with Crippen LogP contribution in [0.2, 0.25) is 0 Å². The van der Waals surface area contributed by atoms with E-state index in [0.717, 1.165) is 39.2 Å². The van der Waals surface area contributed by atoms with Gasteiger partial charge in [0.05, 0.1) is 17.7 Å². The molecule has 3 atom stereocenters. The summed E-state index contributed by atoms with van der Waals surface area (Å²) in [5.74, 6) is 2.46. The van der Waals surface area contributed by atoms with Crippen LogP contribution in [0.3, 0.4) is 0 Å². The second-order valence-electron chi connectivity index (χ2n) is 6.61. The quantitative estimate of drug-likeness (QED) is 0.797. The van der Waals surface area contributed by atoms with Crippen molar-refractivity contribution in [3.05, 3.63) is 0 Å². The minimum Gasteiger partial charge on any atom is -0.374 e. The van der Waals surface area contributed by atoms with E-state index < -0.39 is 0 Å². The lowest BCUT2D eigenvalue weighted by Gasteiger charge is -2.46. The molecule has 118 valence electrons. The molecule has 3 saturated heterocycles. The number of hydrogen-bond acceptors (Lipinski definition) is 5. The standard InChI is InChI=1S/C16H27N3OS/c1-2-14(12-17)18-5-7-19(8-6-18)15-3-9-20-16(11-15)4-10-21-13-16/h14-15H,2-11,13H2,1H3. The summed E-state index contributed by atoms with van der Waals surface area (Å²) >= 11 is 2.05. The molecule has 0 radical (unpaired) electrons. The van der Waals surface area contributed by atoms with Crippen molar-refractivity contribution in [1.29, 1.82) is 5.26 Å².